The SMILES string of the molecule is Oc1ccc(CN2CCCC3(C2)OCCO3)cc1. The molecule has 0 amide bonds. The van der Waals surface area contributed by atoms with Crippen molar-refractivity contribution in [3.8, 4) is 5.75 Å². The Balaban J connectivity index is 1.64. The third kappa shape index (κ3) is 2.51. The predicted octanol–water partition coefficient (Wildman–Crippen LogP) is 1.73. The van der Waals surface area contributed by atoms with E-state index in [1.807, 2.05) is 12.1 Å². The maximum absolute atomic E-state index is 9.28. The topological polar surface area (TPSA) is 41.9 Å². The van der Waals surface area contributed by atoms with Gasteiger partial charge in [0.05, 0.1) is 19.8 Å². The zero-order valence-corrected chi connectivity index (χ0v) is 10.5. The molecule has 0 unspecified atom stereocenters. The Morgan fingerprint density at radius 1 is 1.17 bits per heavy atom. The van der Waals surface area contributed by atoms with Crippen LogP contribution in [-0.4, -0.2) is 42.1 Å². The molecule has 18 heavy (non-hydrogen) atoms. The molecule has 0 radical (unpaired) electrons. The molecular formula is C14H19NO3. The molecule has 2 fully saturated rings. The summed E-state index contributed by atoms with van der Waals surface area (Å²) in [5.41, 5.74) is 1.21. The maximum atomic E-state index is 9.28. The van der Waals surface area contributed by atoms with Crippen molar-refractivity contribution in [3.05, 3.63) is 29.8 Å². The number of hydrogen-bond donors (Lipinski definition) is 1. The molecule has 0 bridgehead atoms. The van der Waals surface area contributed by atoms with Gasteiger partial charge < -0.3 is 14.6 Å². The van der Waals surface area contributed by atoms with Crippen LogP contribution < -0.4 is 0 Å². The number of rotatable bonds is 2. The average Bonchev–Trinajstić information content (AvgIpc) is 2.80. The van der Waals surface area contributed by atoms with E-state index >= 15 is 0 Å². The Morgan fingerprint density at radius 3 is 2.61 bits per heavy atom. The van der Waals surface area contributed by atoms with Crippen LogP contribution in [0.1, 0.15) is 18.4 Å². The monoisotopic (exact) mass is 249 g/mol. The van der Waals surface area contributed by atoms with Crippen molar-refractivity contribution in [2.45, 2.75) is 25.2 Å². The number of phenolic OH excluding ortho intramolecular Hbond substituents is 1. The van der Waals surface area contributed by atoms with Crippen LogP contribution in [-0.2, 0) is 16.0 Å². The average molecular weight is 249 g/mol. The van der Waals surface area contributed by atoms with Crippen molar-refractivity contribution in [3.63, 3.8) is 0 Å². The molecule has 1 spiro atoms. The molecular weight excluding hydrogens is 230 g/mol. The first-order chi connectivity index (χ1) is 8.76. The Morgan fingerprint density at radius 2 is 1.89 bits per heavy atom. The number of ether oxygens (including phenoxy) is 2. The second-order valence-electron chi connectivity index (χ2n) is 5.09. The number of nitrogens with zero attached hydrogens (tertiary/aromatic N) is 1. The fourth-order valence-electron chi connectivity index (χ4n) is 2.80. The van der Waals surface area contributed by atoms with Crippen LogP contribution in [0.25, 0.3) is 0 Å². The molecule has 4 nitrogen and oxygen atoms in total. The molecule has 0 atom stereocenters. The Kier molecular flexibility index (Phi) is 3.24. The molecule has 2 aliphatic heterocycles. The molecule has 1 aromatic rings. The largest absolute Gasteiger partial charge is 0.508 e. The van der Waals surface area contributed by atoms with Crippen molar-refractivity contribution in [2.24, 2.45) is 0 Å². The minimum atomic E-state index is -0.352. The van der Waals surface area contributed by atoms with Gasteiger partial charge in [0.1, 0.15) is 5.75 Å². The molecule has 1 N–H and O–H groups in total. The molecule has 0 saturated carbocycles. The van der Waals surface area contributed by atoms with Gasteiger partial charge in [-0.3, -0.25) is 4.90 Å². The first-order valence-corrected chi connectivity index (χ1v) is 6.54. The van der Waals surface area contributed by atoms with E-state index in [0.29, 0.717) is 19.0 Å². The van der Waals surface area contributed by atoms with E-state index in [1.54, 1.807) is 12.1 Å². The normalized spacial score (nSPS) is 23.6. The Labute approximate surface area is 107 Å². The molecule has 98 valence electrons. The van der Waals surface area contributed by atoms with Crippen LogP contribution in [0, 0.1) is 0 Å². The van der Waals surface area contributed by atoms with E-state index in [0.717, 1.165) is 32.5 Å². The van der Waals surface area contributed by atoms with Gasteiger partial charge in [0.25, 0.3) is 0 Å². The molecule has 2 heterocycles. The fourth-order valence-corrected chi connectivity index (χ4v) is 2.80. The lowest BCUT2D eigenvalue weighted by molar-refractivity contribution is -0.190. The lowest BCUT2D eigenvalue weighted by Gasteiger charge is -2.38. The van der Waals surface area contributed by atoms with E-state index in [4.69, 9.17) is 9.47 Å². The van der Waals surface area contributed by atoms with E-state index in [1.165, 1.54) is 5.56 Å². The third-order valence-corrected chi connectivity index (χ3v) is 3.65. The third-order valence-electron chi connectivity index (χ3n) is 3.65. The van der Waals surface area contributed by atoms with Crippen LogP contribution in [0.3, 0.4) is 0 Å². The van der Waals surface area contributed by atoms with E-state index in [2.05, 4.69) is 4.90 Å². The van der Waals surface area contributed by atoms with Crippen LogP contribution in [0.15, 0.2) is 24.3 Å². The molecule has 1 aromatic carbocycles. The summed E-state index contributed by atoms with van der Waals surface area (Å²) in [7, 11) is 0. The highest BCUT2D eigenvalue weighted by molar-refractivity contribution is 5.25. The summed E-state index contributed by atoms with van der Waals surface area (Å²) in [6.07, 6.45) is 2.11. The van der Waals surface area contributed by atoms with Gasteiger partial charge >= 0.3 is 0 Å². The van der Waals surface area contributed by atoms with Gasteiger partial charge in [-0.1, -0.05) is 12.1 Å². The van der Waals surface area contributed by atoms with E-state index in [9.17, 15) is 5.11 Å². The minimum absolute atomic E-state index is 0.316. The number of piperidine rings is 1. The summed E-state index contributed by atoms with van der Waals surface area (Å²) in [6, 6.07) is 7.40. The molecule has 3 rings (SSSR count). The van der Waals surface area contributed by atoms with Crippen LogP contribution in [0.2, 0.25) is 0 Å². The van der Waals surface area contributed by atoms with Crippen molar-refractivity contribution in [2.75, 3.05) is 26.3 Å². The van der Waals surface area contributed by atoms with E-state index in [-0.39, 0.29) is 5.79 Å². The summed E-state index contributed by atoms with van der Waals surface area (Å²) >= 11 is 0. The zero-order chi connectivity index (χ0) is 12.4. The van der Waals surface area contributed by atoms with Crippen LogP contribution in [0.5, 0.6) is 5.75 Å². The van der Waals surface area contributed by atoms with Crippen molar-refractivity contribution < 1.29 is 14.6 Å². The number of hydrogen-bond acceptors (Lipinski definition) is 4. The summed E-state index contributed by atoms with van der Waals surface area (Å²) in [5.74, 6) is -0.0360. The fraction of sp³-hybridized carbons (Fsp3) is 0.571. The molecule has 2 saturated heterocycles. The van der Waals surface area contributed by atoms with E-state index < -0.39 is 0 Å². The Bertz CT molecular complexity index is 398. The number of likely N-dealkylation sites (tertiary alicyclic amines) is 1. The predicted molar refractivity (Wildman–Crippen MR) is 67.3 cm³/mol. The summed E-state index contributed by atoms with van der Waals surface area (Å²) in [6.45, 7) is 4.23. The van der Waals surface area contributed by atoms with Crippen molar-refractivity contribution in [1.82, 2.24) is 4.90 Å². The number of aromatic hydroxyl groups is 1. The summed E-state index contributed by atoms with van der Waals surface area (Å²) in [4.78, 5) is 2.36. The number of benzene rings is 1. The Hall–Kier alpha value is -1.10. The first-order valence-electron chi connectivity index (χ1n) is 6.54. The van der Waals surface area contributed by atoms with Crippen molar-refractivity contribution >= 4 is 0 Å². The van der Waals surface area contributed by atoms with Crippen molar-refractivity contribution in [1.29, 1.82) is 0 Å². The van der Waals surface area contributed by atoms with Gasteiger partial charge in [-0.05, 0) is 30.7 Å². The zero-order valence-electron chi connectivity index (χ0n) is 10.5. The molecule has 2 aliphatic rings. The molecule has 4 heteroatoms. The van der Waals surface area contributed by atoms with Gasteiger partial charge in [-0.15, -0.1) is 0 Å². The molecule has 0 aliphatic carbocycles. The highest BCUT2D eigenvalue weighted by Gasteiger charge is 2.40. The minimum Gasteiger partial charge on any atom is -0.508 e. The van der Waals surface area contributed by atoms with Crippen LogP contribution >= 0.6 is 0 Å². The summed E-state index contributed by atoms with van der Waals surface area (Å²) in [5, 5.41) is 9.28. The van der Waals surface area contributed by atoms with Gasteiger partial charge in [0.2, 0.25) is 0 Å². The first kappa shape index (κ1) is 12.0. The number of phenols is 1. The highest BCUT2D eigenvalue weighted by atomic mass is 16.7. The molecule has 0 aromatic heterocycles. The van der Waals surface area contributed by atoms with Gasteiger partial charge in [0, 0.05) is 13.0 Å². The van der Waals surface area contributed by atoms with Crippen LogP contribution in [0.4, 0.5) is 0 Å². The standard InChI is InChI=1S/C14H19NO3/c16-13-4-2-12(3-5-13)10-15-7-1-6-14(11-15)17-8-9-18-14/h2-5,16H,1,6-11H2. The lowest BCUT2D eigenvalue weighted by atomic mass is 10.0. The lowest BCUT2D eigenvalue weighted by Crippen LogP contribution is -2.48. The van der Waals surface area contributed by atoms with Gasteiger partial charge in [-0.25, -0.2) is 0 Å². The van der Waals surface area contributed by atoms with Gasteiger partial charge in [0.15, 0.2) is 5.79 Å². The smallest absolute Gasteiger partial charge is 0.181 e. The second-order valence-corrected chi connectivity index (χ2v) is 5.09. The summed E-state index contributed by atoms with van der Waals surface area (Å²) < 4.78 is 11.5. The quantitative estimate of drug-likeness (QED) is 0.866. The second kappa shape index (κ2) is 4.88. The maximum Gasteiger partial charge on any atom is 0.181 e. The van der Waals surface area contributed by atoms with Gasteiger partial charge in [-0.2, -0.15) is 0 Å². The highest BCUT2D eigenvalue weighted by Crippen LogP contribution is 2.30.